The van der Waals surface area contributed by atoms with Crippen LogP contribution in [0.15, 0.2) is 11.5 Å². The highest BCUT2D eigenvalue weighted by Crippen LogP contribution is 2.44. The first-order valence-electron chi connectivity index (χ1n) is 2.50. The molecular formula is C5H10S2. The molecule has 0 aromatic carbocycles. The normalized spacial score (nSPS) is 34.1. The van der Waals surface area contributed by atoms with Crippen LogP contribution >= 0.6 is 20.7 Å². The fraction of sp³-hybridized carbons (Fsp3) is 0.600. The molecule has 0 aliphatic carbocycles. The average Bonchev–Trinajstić information content (AvgIpc) is 2.14. The zero-order valence-electron chi connectivity index (χ0n) is 4.42. The van der Waals surface area contributed by atoms with Crippen LogP contribution in [0.2, 0.25) is 0 Å². The lowest BCUT2D eigenvalue weighted by atomic mass is 10.8. The minimum atomic E-state index is 0.363. The predicted molar refractivity (Wildman–Crippen MR) is 41.1 cm³/mol. The molecule has 0 bridgehead atoms. The van der Waals surface area contributed by atoms with Crippen LogP contribution in [-0.2, 0) is 0 Å². The van der Waals surface area contributed by atoms with Crippen molar-refractivity contribution in [1.82, 2.24) is 0 Å². The van der Waals surface area contributed by atoms with Crippen LogP contribution in [0.4, 0.5) is 0 Å². The second kappa shape index (κ2) is 2.68. The van der Waals surface area contributed by atoms with Gasteiger partial charge in [-0.2, -0.15) is 9.93 Å². The predicted octanol–water partition coefficient (Wildman–Crippen LogP) is 2.18. The van der Waals surface area contributed by atoms with E-state index in [0.717, 1.165) is 0 Å². The minimum absolute atomic E-state index is 0.363. The highest BCUT2D eigenvalue weighted by molar-refractivity contribution is 8.86. The number of rotatable bonds is 1. The van der Waals surface area contributed by atoms with Crippen LogP contribution in [0.3, 0.4) is 0 Å². The van der Waals surface area contributed by atoms with Gasteiger partial charge in [0.1, 0.15) is 0 Å². The van der Waals surface area contributed by atoms with Gasteiger partial charge in [0.15, 0.2) is 0 Å². The second-order valence-corrected chi connectivity index (χ2v) is 6.08. The van der Waals surface area contributed by atoms with Gasteiger partial charge in [0.25, 0.3) is 0 Å². The van der Waals surface area contributed by atoms with Gasteiger partial charge in [-0.25, -0.2) is 0 Å². The Hall–Kier alpha value is 0.440. The molecule has 0 saturated heterocycles. The molecule has 1 heterocycles. The van der Waals surface area contributed by atoms with E-state index in [-0.39, 0.29) is 0 Å². The topological polar surface area (TPSA) is 0 Å². The van der Waals surface area contributed by atoms with Crippen molar-refractivity contribution >= 4 is 20.7 Å². The maximum atomic E-state index is 2.28. The van der Waals surface area contributed by atoms with Gasteiger partial charge in [-0.15, -0.1) is 0 Å². The standard InChI is InChI=1S/C5H10S2/c1-2-7-5-3-4-6-7/h3-4,7H,2,5H2,1H3. The first-order valence-corrected chi connectivity index (χ1v) is 5.70. The van der Waals surface area contributed by atoms with Crippen LogP contribution in [0.25, 0.3) is 0 Å². The summed E-state index contributed by atoms with van der Waals surface area (Å²) in [7, 11) is 2.39. The summed E-state index contributed by atoms with van der Waals surface area (Å²) >= 11 is 0. The first-order chi connectivity index (χ1) is 3.43. The Balaban J connectivity index is 2.22. The average molecular weight is 134 g/mol. The summed E-state index contributed by atoms with van der Waals surface area (Å²) < 4.78 is 0. The first kappa shape index (κ1) is 5.57. The summed E-state index contributed by atoms with van der Waals surface area (Å²) in [6, 6.07) is 0. The van der Waals surface area contributed by atoms with Gasteiger partial charge < -0.3 is 0 Å². The second-order valence-electron chi connectivity index (χ2n) is 1.46. The van der Waals surface area contributed by atoms with Crippen LogP contribution in [0, 0.1) is 0 Å². The molecule has 0 spiro atoms. The van der Waals surface area contributed by atoms with Gasteiger partial charge in [0.05, 0.1) is 0 Å². The smallest absolute Gasteiger partial charge is 0.00242 e. The van der Waals surface area contributed by atoms with E-state index in [1.807, 2.05) is 10.8 Å². The molecule has 1 rings (SSSR count). The van der Waals surface area contributed by atoms with E-state index < -0.39 is 0 Å². The van der Waals surface area contributed by atoms with Gasteiger partial charge in [-0.1, -0.05) is 23.8 Å². The van der Waals surface area contributed by atoms with E-state index >= 15 is 0 Å². The lowest BCUT2D eigenvalue weighted by Crippen LogP contribution is -1.74. The summed E-state index contributed by atoms with van der Waals surface area (Å²) in [5.41, 5.74) is 0. The lowest BCUT2D eigenvalue weighted by Gasteiger charge is -2.06. The van der Waals surface area contributed by atoms with Gasteiger partial charge >= 0.3 is 0 Å². The van der Waals surface area contributed by atoms with Crippen molar-refractivity contribution in [1.29, 1.82) is 0 Å². The molecule has 0 N–H and O–H groups in total. The molecule has 1 aliphatic heterocycles. The molecule has 0 fully saturated rings. The molecule has 0 saturated carbocycles. The highest BCUT2D eigenvalue weighted by Gasteiger charge is 2.00. The molecule has 7 heavy (non-hydrogen) atoms. The maximum absolute atomic E-state index is 2.28. The third-order valence-electron chi connectivity index (χ3n) is 0.968. The van der Waals surface area contributed by atoms with Crippen LogP contribution in [0.1, 0.15) is 6.92 Å². The Morgan fingerprint density at radius 3 is 3.00 bits per heavy atom. The fourth-order valence-electron chi connectivity index (χ4n) is 0.536. The SMILES string of the molecule is CC[SH]1CC=CS1. The maximum Gasteiger partial charge on any atom is 0.00242 e. The van der Waals surface area contributed by atoms with Crippen molar-refractivity contribution < 1.29 is 0 Å². The van der Waals surface area contributed by atoms with Crippen molar-refractivity contribution in [2.75, 3.05) is 11.5 Å². The summed E-state index contributed by atoms with van der Waals surface area (Å²) in [4.78, 5) is 0. The van der Waals surface area contributed by atoms with E-state index in [1.165, 1.54) is 11.5 Å². The van der Waals surface area contributed by atoms with E-state index in [0.29, 0.717) is 9.93 Å². The van der Waals surface area contributed by atoms with Gasteiger partial charge in [-0.3, -0.25) is 0 Å². The Kier molecular flexibility index (Phi) is 2.13. The molecule has 2 heteroatoms. The molecule has 0 aromatic rings. The van der Waals surface area contributed by atoms with Gasteiger partial charge in [0.2, 0.25) is 0 Å². The molecule has 1 atom stereocenters. The van der Waals surface area contributed by atoms with Crippen molar-refractivity contribution in [2.24, 2.45) is 0 Å². The molecule has 0 aromatic heterocycles. The van der Waals surface area contributed by atoms with E-state index in [4.69, 9.17) is 0 Å². The van der Waals surface area contributed by atoms with Crippen molar-refractivity contribution in [3.63, 3.8) is 0 Å². The van der Waals surface area contributed by atoms with Crippen LogP contribution in [0.5, 0.6) is 0 Å². The molecular weight excluding hydrogens is 124 g/mol. The Morgan fingerprint density at radius 2 is 2.71 bits per heavy atom. The highest BCUT2D eigenvalue weighted by atomic mass is 33.1. The molecule has 1 unspecified atom stereocenters. The van der Waals surface area contributed by atoms with E-state index in [9.17, 15) is 0 Å². The lowest BCUT2D eigenvalue weighted by molar-refractivity contribution is 1.52. The number of thiol groups is 1. The van der Waals surface area contributed by atoms with Gasteiger partial charge in [0, 0.05) is 5.75 Å². The molecule has 0 radical (unpaired) electrons. The Bertz CT molecular complexity index is 70.1. The third kappa shape index (κ3) is 1.42. The molecule has 42 valence electrons. The van der Waals surface area contributed by atoms with Gasteiger partial charge in [-0.05, 0) is 11.2 Å². The summed E-state index contributed by atoms with van der Waals surface area (Å²) in [6.07, 6.45) is 2.28. The quantitative estimate of drug-likeness (QED) is 0.423. The zero-order chi connectivity index (χ0) is 5.11. The third-order valence-corrected chi connectivity index (χ3v) is 5.39. The summed E-state index contributed by atoms with van der Waals surface area (Å²) in [5, 5.41) is 2.23. The fourth-order valence-corrected chi connectivity index (χ4v) is 3.61. The Morgan fingerprint density at radius 1 is 1.86 bits per heavy atom. The summed E-state index contributed by atoms with van der Waals surface area (Å²) in [6.45, 7) is 2.27. The number of hydrogen-bond acceptors (Lipinski definition) is 1. The zero-order valence-corrected chi connectivity index (χ0v) is 6.14. The number of hydrogen-bond donors (Lipinski definition) is 1. The Labute approximate surface area is 51.1 Å². The molecule has 1 aliphatic rings. The van der Waals surface area contributed by atoms with Crippen LogP contribution in [-0.4, -0.2) is 11.5 Å². The van der Waals surface area contributed by atoms with E-state index in [1.54, 1.807) is 0 Å². The summed E-state index contributed by atoms with van der Waals surface area (Å²) in [5.74, 6) is 2.74. The van der Waals surface area contributed by atoms with Crippen molar-refractivity contribution in [3.05, 3.63) is 11.5 Å². The monoisotopic (exact) mass is 134 g/mol. The largest absolute Gasteiger partial charge is 0.197 e. The van der Waals surface area contributed by atoms with E-state index in [2.05, 4.69) is 18.4 Å². The minimum Gasteiger partial charge on any atom is -0.197 e. The van der Waals surface area contributed by atoms with Crippen molar-refractivity contribution in [3.8, 4) is 0 Å². The molecule has 0 amide bonds. The van der Waals surface area contributed by atoms with Crippen LogP contribution < -0.4 is 0 Å². The van der Waals surface area contributed by atoms with Crippen molar-refractivity contribution in [2.45, 2.75) is 6.92 Å². The molecule has 0 nitrogen and oxygen atoms in total.